The summed E-state index contributed by atoms with van der Waals surface area (Å²) in [5, 5.41) is 12.4. The first kappa shape index (κ1) is 16.6. The molecule has 24 heavy (non-hydrogen) atoms. The summed E-state index contributed by atoms with van der Waals surface area (Å²) in [7, 11) is 1.94. The maximum Gasteiger partial charge on any atom is 0.310 e. The summed E-state index contributed by atoms with van der Waals surface area (Å²) in [6.45, 7) is 0.347. The predicted octanol–water partition coefficient (Wildman–Crippen LogP) is 4.31. The second-order valence-corrected chi connectivity index (χ2v) is 6.51. The lowest BCUT2D eigenvalue weighted by Gasteiger charge is -2.06. The highest BCUT2D eigenvalue weighted by Gasteiger charge is 2.14. The Kier molecular flexibility index (Phi) is 4.92. The van der Waals surface area contributed by atoms with E-state index in [1.165, 1.54) is 17.8 Å². The van der Waals surface area contributed by atoms with Crippen LogP contribution in [0.15, 0.2) is 47.6 Å². The summed E-state index contributed by atoms with van der Waals surface area (Å²) in [4.78, 5) is 15.0. The molecule has 0 spiro atoms. The number of nitro benzene ring substituents is 1. The molecule has 2 aromatic carbocycles. The van der Waals surface area contributed by atoms with Crippen LogP contribution in [0.25, 0.3) is 11.0 Å². The van der Waals surface area contributed by atoms with Crippen LogP contribution < -0.4 is 4.74 Å². The van der Waals surface area contributed by atoms with Crippen molar-refractivity contribution in [3.63, 3.8) is 0 Å². The van der Waals surface area contributed by atoms with Gasteiger partial charge in [0.05, 0.1) is 22.6 Å². The molecule has 0 aliphatic rings. The molecule has 0 amide bonds. The number of ether oxygens (including phenoxy) is 1. The van der Waals surface area contributed by atoms with Crippen molar-refractivity contribution in [2.45, 2.75) is 5.16 Å². The lowest BCUT2D eigenvalue weighted by Crippen LogP contribution is -2.03. The van der Waals surface area contributed by atoms with Gasteiger partial charge in [0.2, 0.25) is 0 Å². The molecule has 0 aliphatic carbocycles. The Bertz CT molecular complexity index is 897. The lowest BCUT2D eigenvalue weighted by atomic mass is 10.3. The molecule has 0 bridgehead atoms. The number of thioether (sulfide) groups is 1. The highest BCUT2D eigenvalue weighted by atomic mass is 35.5. The normalized spacial score (nSPS) is 10.9. The molecule has 0 fully saturated rings. The van der Waals surface area contributed by atoms with Crippen molar-refractivity contribution in [1.29, 1.82) is 0 Å². The van der Waals surface area contributed by atoms with Gasteiger partial charge in [-0.15, -0.1) is 0 Å². The van der Waals surface area contributed by atoms with E-state index >= 15 is 0 Å². The molecular formula is C16H14ClN3O3S. The molecule has 3 aromatic rings. The second kappa shape index (κ2) is 7.11. The number of halogens is 1. The molecule has 124 valence electrons. The van der Waals surface area contributed by atoms with Gasteiger partial charge in [0.25, 0.3) is 0 Å². The number of aryl methyl sites for hydroxylation is 1. The lowest BCUT2D eigenvalue weighted by molar-refractivity contribution is -0.385. The van der Waals surface area contributed by atoms with Crippen molar-refractivity contribution in [2.75, 3.05) is 12.4 Å². The van der Waals surface area contributed by atoms with Crippen molar-refractivity contribution < 1.29 is 9.66 Å². The monoisotopic (exact) mass is 363 g/mol. The fourth-order valence-electron chi connectivity index (χ4n) is 2.29. The smallest absolute Gasteiger partial charge is 0.310 e. The average molecular weight is 364 g/mol. The predicted molar refractivity (Wildman–Crippen MR) is 95.0 cm³/mol. The second-order valence-electron chi connectivity index (χ2n) is 5.01. The standard InChI is InChI=1S/C16H14ClN3O3S/c1-19-13-7-6-11(17)10-12(13)18-16(19)24-9-8-23-15-5-3-2-4-14(15)20(21)22/h2-7,10H,8-9H2,1H3. The minimum absolute atomic E-state index is 0.0279. The van der Waals surface area contributed by atoms with E-state index < -0.39 is 4.92 Å². The maximum absolute atomic E-state index is 10.9. The number of nitro groups is 1. The number of hydrogen-bond donors (Lipinski definition) is 0. The summed E-state index contributed by atoms with van der Waals surface area (Å²) < 4.78 is 7.52. The van der Waals surface area contributed by atoms with E-state index in [1.54, 1.807) is 18.2 Å². The number of hydrogen-bond acceptors (Lipinski definition) is 5. The highest BCUT2D eigenvalue weighted by molar-refractivity contribution is 7.99. The van der Waals surface area contributed by atoms with Gasteiger partial charge in [0, 0.05) is 23.9 Å². The van der Waals surface area contributed by atoms with Crippen LogP contribution in [-0.2, 0) is 7.05 Å². The molecule has 0 N–H and O–H groups in total. The number of benzene rings is 2. The molecule has 1 aromatic heterocycles. The summed E-state index contributed by atoms with van der Waals surface area (Å²) in [5.74, 6) is 0.900. The van der Waals surface area contributed by atoms with Gasteiger partial charge in [-0.3, -0.25) is 10.1 Å². The van der Waals surface area contributed by atoms with Gasteiger partial charge in [-0.05, 0) is 24.3 Å². The van der Waals surface area contributed by atoms with Crippen LogP contribution in [0.4, 0.5) is 5.69 Å². The van der Waals surface area contributed by atoms with Gasteiger partial charge >= 0.3 is 5.69 Å². The third kappa shape index (κ3) is 3.47. The number of rotatable bonds is 6. The van der Waals surface area contributed by atoms with Gasteiger partial charge in [-0.25, -0.2) is 4.98 Å². The topological polar surface area (TPSA) is 70.2 Å². The molecule has 0 aliphatic heterocycles. The quantitative estimate of drug-likeness (QED) is 0.282. The van der Waals surface area contributed by atoms with Crippen LogP contribution in [0.3, 0.4) is 0 Å². The fraction of sp³-hybridized carbons (Fsp3) is 0.188. The Balaban J connectivity index is 1.63. The number of imidazole rings is 1. The van der Waals surface area contributed by atoms with Gasteiger partial charge in [0.15, 0.2) is 10.9 Å². The van der Waals surface area contributed by atoms with E-state index in [9.17, 15) is 10.1 Å². The zero-order chi connectivity index (χ0) is 17.1. The Morgan fingerprint density at radius 3 is 2.92 bits per heavy atom. The van der Waals surface area contributed by atoms with Gasteiger partial charge in [0.1, 0.15) is 0 Å². The zero-order valence-electron chi connectivity index (χ0n) is 12.8. The Morgan fingerprint density at radius 2 is 2.12 bits per heavy atom. The SMILES string of the molecule is Cn1c(SCCOc2ccccc2[N+](=O)[O-])nc2cc(Cl)ccc21. The van der Waals surface area contributed by atoms with Gasteiger partial charge in [-0.1, -0.05) is 35.5 Å². The highest BCUT2D eigenvalue weighted by Crippen LogP contribution is 2.27. The molecule has 6 nitrogen and oxygen atoms in total. The Hall–Kier alpha value is -2.25. The number of fused-ring (bicyclic) bond motifs is 1. The van der Waals surface area contributed by atoms with Crippen molar-refractivity contribution in [3.8, 4) is 5.75 Å². The van der Waals surface area contributed by atoms with Gasteiger partial charge < -0.3 is 9.30 Å². The largest absolute Gasteiger partial charge is 0.486 e. The van der Waals surface area contributed by atoms with Crippen LogP contribution in [0.1, 0.15) is 0 Å². The molecule has 3 rings (SSSR count). The molecule has 0 atom stereocenters. The van der Waals surface area contributed by atoms with E-state index in [0.717, 1.165) is 16.2 Å². The minimum Gasteiger partial charge on any atom is -0.486 e. The molecule has 0 saturated heterocycles. The van der Waals surface area contributed by atoms with Crippen LogP contribution in [0.5, 0.6) is 5.75 Å². The molecular weight excluding hydrogens is 350 g/mol. The average Bonchev–Trinajstić information content (AvgIpc) is 2.87. The summed E-state index contributed by atoms with van der Waals surface area (Å²) in [6, 6.07) is 11.9. The van der Waals surface area contributed by atoms with Crippen molar-refractivity contribution in [1.82, 2.24) is 9.55 Å². The van der Waals surface area contributed by atoms with Crippen LogP contribution >= 0.6 is 23.4 Å². The number of aromatic nitrogens is 2. The van der Waals surface area contributed by atoms with Crippen molar-refractivity contribution in [3.05, 3.63) is 57.6 Å². The van der Waals surface area contributed by atoms with Crippen LogP contribution in [0, 0.1) is 10.1 Å². The minimum atomic E-state index is -0.447. The van der Waals surface area contributed by atoms with E-state index in [-0.39, 0.29) is 11.4 Å². The molecule has 0 radical (unpaired) electrons. The zero-order valence-corrected chi connectivity index (χ0v) is 14.4. The van der Waals surface area contributed by atoms with E-state index in [4.69, 9.17) is 16.3 Å². The third-order valence-electron chi connectivity index (χ3n) is 3.44. The van der Waals surface area contributed by atoms with Crippen LogP contribution in [0.2, 0.25) is 5.02 Å². The number of nitrogens with zero attached hydrogens (tertiary/aromatic N) is 3. The van der Waals surface area contributed by atoms with Crippen LogP contribution in [-0.4, -0.2) is 26.8 Å². The first-order valence-corrected chi connectivity index (χ1v) is 8.53. The first-order valence-electron chi connectivity index (χ1n) is 7.17. The Labute approximate surface area is 147 Å². The molecule has 0 saturated carbocycles. The van der Waals surface area contributed by atoms with Crippen molar-refractivity contribution in [2.24, 2.45) is 7.05 Å². The maximum atomic E-state index is 10.9. The summed E-state index contributed by atoms with van der Waals surface area (Å²) in [6.07, 6.45) is 0. The van der Waals surface area contributed by atoms with Crippen molar-refractivity contribution >= 4 is 40.1 Å². The summed E-state index contributed by atoms with van der Waals surface area (Å²) >= 11 is 7.51. The summed E-state index contributed by atoms with van der Waals surface area (Å²) in [5.41, 5.74) is 1.81. The van der Waals surface area contributed by atoms with Gasteiger partial charge in [-0.2, -0.15) is 0 Å². The Morgan fingerprint density at radius 1 is 1.33 bits per heavy atom. The van der Waals surface area contributed by atoms with E-state index in [0.29, 0.717) is 17.4 Å². The van der Waals surface area contributed by atoms with E-state index in [2.05, 4.69) is 4.98 Å². The molecule has 1 heterocycles. The van der Waals surface area contributed by atoms with E-state index in [1.807, 2.05) is 29.8 Å². The third-order valence-corrected chi connectivity index (χ3v) is 4.67. The first-order chi connectivity index (χ1) is 11.6. The molecule has 8 heteroatoms. The molecule has 0 unspecified atom stereocenters. The fourth-order valence-corrected chi connectivity index (χ4v) is 3.27. The number of para-hydroxylation sites is 2.